The Morgan fingerprint density at radius 2 is 1.61 bits per heavy atom. The molecule has 1 amide bonds. The number of nitrogens with one attached hydrogen (secondary N) is 2. The molecule has 9 heteroatoms. The van der Waals surface area contributed by atoms with Gasteiger partial charge in [-0.25, -0.2) is 9.97 Å². The standard InChI is InChI=1S/C19H22N8O/c20-9-15-5-6-16(10-21)27(15)18(28)12-25-13-1-3-14(4-2-13)26-19-17(11-22)23-7-8-24-19/h7-8,13-16,25H,1-6,12H2,(H,24,26)/t13?,14?,15-,16+. The number of rotatable bonds is 5. The summed E-state index contributed by atoms with van der Waals surface area (Å²) in [6.07, 6.45) is 7.72. The van der Waals surface area contributed by atoms with Gasteiger partial charge in [-0.3, -0.25) is 4.79 Å². The number of aromatic nitrogens is 2. The van der Waals surface area contributed by atoms with E-state index >= 15 is 0 Å². The molecule has 1 aromatic heterocycles. The maximum absolute atomic E-state index is 12.5. The van der Waals surface area contributed by atoms with Crippen molar-refractivity contribution in [3.8, 4) is 18.2 Å². The van der Waals surface area contributed by atoms with Crippen LogP contribution in [0.2, 0.25) is 0 Å². The first kappa shape index (κ1) is 19.5. The summed E-state index contributed by atoms with van der Waals surface area (Å²) >= 11 is 0. The second-order valence-corrected chi connectivity index (χ2v) is 7.11. The third-order valence-corrected chi connectivity index (χ3v) is 5.39. The van der Waals surface area contributed by atoms with Gasteiger partial charge in [0.15, 0.2) is 11.5 Å². The molecule has 1 saturated carbocycles. The van der Waals surface area contributed by atoms with Crippen LogP contribution in [0.4, 0.5) is 5.82 Å². The van der Waals surface area contributed by atoms with Crippen LogP contribution in [0.3, 0.4) is 0 Å². The Bertz CT molecular complexity index is 806. The number of hydrogen-bond donors (Lipinski definition) is 2. The number of nitrogens with zero attached hydrogens (tertiary/aromatic N) is 6. The summed E-state index contributed by atoms with van der Waals surface area (Å²) in [5.41, 5.74) is 0.290. The summed E-state index contributed by atoms with van der Waals surface area (Å²) in [6, 6.07) is 5.69. The lowest BCUT2D eigenvalue weighted by Crippen LogP contribution is -2.47. The Morgan fingerprint density at radius 3 is 2.21 bits per heavy atom. The van der Waals surface area contributed by atoms with E-state index in [1.807, 2.05) is 6.07 Å². The Hall–Kier alpha value is -3.22. The van der Waals surface area contributed by atoms with Crippen molar-refractivity contribution in [1.29, 1.82) is 15.8 Å². The van der Waals surface area contributed by atoms with Crippen molar-refractivity contribution in [2.75, 3.05) is 11.9 Å². The molecule has 1 aliphatic carbocycles. The zero-order valence-corrected chi connectivity index (χ0v) is 15.5. The molecule has 0 aromatic carbocycles. The molecule has 9 nitrogen and oxygen atoms in total. The van der Waals surface area contributed by atoms with E-state index < -0.39 is 12.1 Å². The van der Waals surface area contributed by atoms with Crippen molar-refractivity contribution in [3.05, 3.63) is 18.1 Å². The lowest BCUT2D eigenvalue weighted by molar-refractivity contribution is -0.131. The third-order valence-electron chi connectivity index (χ3n) is 5.39. The topological polar surface area (TPSA) is 142 Å². The van der Waals surface area contributed by atoms with Gasteiger partial charge in [-0.05, 0) is 38.5 Å². The highest BCUT2D eigenvalue weighted by Gasteiger charge is 2.37. The first-order valence-corrected chi connectivity index (χ1v) is 9.47. The molecule has 28 heavy (non-hydrogen) atoms. The van der Waals surface area contributed by atoms with E-state index in [-0.39, 0.29) is 30.2 Å². The molecule has 1 aliphatic heterocycles. The molecule has 0 bridgehead atoms. The van der Waals surface area contributed by atoms with Crippen molar-refractivity contribution < 1.29 is 4.79 Å². The van der Waals surface area contributed by atoms with E-state index in [1.54, 1.807) is 6.20 Å². The van der Waals surface area contributed by atoms with Crippen LogP contribution in [0.15, 0.2) is 12.4 Å². The fraction of sp³-hybridized carbons (Fsp3) is 0.579. The van der Waals surface area contributed by atoms with Gasteiger partial charge in [0.2, 0.25) is 5.91 Å². The summed E-state index contributed by atoms with van der Waals surface area (Å²) in [7, 11) is 0. The highest BCUT2D eigenvalue weighted by Crippen LogP contribution is 2.24. The van der Waals surface area contributed by atoms with E-state index in [0.717, 1.165) is 25.7 Å². The minimum absolute atomic E-state index is 0.141. The number of carbonyl (C=O) groups is 1. The summed E-state index contributed by atoms with van der Waals surface area (Å²) in [5, 5.41) is 34.0. The van der Waals surface area contributed by atoms with Crippen LogP contribution in [-0.4, -0.2) is 51.5 Å². The van der Waals surface area contributed by atoms with E-state index in [9.17, 15) is 15.3 Å². The van der Waals surface area contributed by atoms with E-state index in [1.165, 1.54) is 11.1 Å². The van der Waals surface area contributed by atoms with Gasteiger partial charge in [-0.2, -0.15) is 15.8 Å². The molecule has 0 radical (unpaired) electrons. The van der Waals surface area contributed by atoms with E-state index in [4.69, 9.17) is 5.26 Å². The lowest BCUT2D eigenvalue weighted by Gasteiger charge is -2.31. The van der Waals surface area contributed by atoms with Crippen LogP contribution >= 0.6 is 0 Å². The summed E-state index contributed by atoms with van der Waals surface area (Å²) in [4.78, 5) is 22.1. The molecule has 2 atom stereocenters. The Balaban J connectivity index is 1.46. The van der Waals surface area contributed by atoms with Crippen LogP contribution < -0.4 is 10.6 Å². The number of hydrogen-bond acceptors (Lipinski definition) is 8. The molecule has 144 valence electrons. The fourth-order valence-corrected chi connectivity index (χ4v) is 3.90. The van der Waals surface area contributed by atoms with Crippen molar-refractivity contribution >= 4 is 11.7 Å². The van der Waals surface area contributed by atoms with Crippen LogP contribution in [0.25, 0.3) is 0 Å². The van der Waals surface area contributed by atoms with E-state index in [0.29, 0.717) is 18.7 Å². The quantitative estimate of drug-likeness (QED) is 0.775. The molecule has 0 unspecified atom stereocenters. The molecule has 2 heterocycles. The monoisotopic (exact) mass is 378 g/mol. The first-order chi connectivity index (χ1) is 13.7. The average Bonchev–Trinajstić information content (AvgIpc) is 3.16. The lowest BCUT2D eigenvalue weighted by atomic mass is 9.91. The van der Waals surface area contributed by atoms with Gasteiger partial charge in [0.05, 0.1) is 18.7 Å². The number of anilines is 1. The number of amides is 1. The number of likely N-dealkylation sites (tertiary alicyclic amines) is 1. The SMILES string of the molecule is N#Cc1nccnc1NC1CCC(NCC(=O)N2[C@H](C#N)CC[C@@H]2C#N)CC1. The Labute approximate surface area is 164 Å². The van der Waals surface area contributed by atoms with Gasteiger partial charge in [-0.15, -0.1) is 0 Å². The zero-order valence-electron chi connectivity index (χ0n) is 15.5. The summed E-state index contributed by atoms with van der Waals surface area (Å²) in [5.74, 6) is 0.324. The Kier molecular flexibility index (Phi) is 6.37. The van der Waals surface area contributed by atoms with Crippen LogP contribution in [0.1, 0.15) is 44.2 Å². The molecule has 2 aliphatic rings. The predicted molar refractivity (Wildman–Crippen MR) is 99.3 cm³/mol. The maximum Gasteiger partial charge on any atom is 0.238 e. The molecule has 1 aromatic rings. The van der Waals surface area contributed by atoms with Crippen molar-refractivity contribution in [1.82, 2.24) is 20.2 Å². The van der Waals surface area contributed by atoms with Gasteiger partial charge in [0.25, 0.3) is 0 Å². The number of carbonyl (C=O) groups excluding carboxylic acids is 1. The molecule has 1 saturated heterocycles. The van der Waals surface area contributed by atoms with Gasteiger partial charge < -0.3 is 15.5 Å². The maximum atomic E-state index is 12.5. The minimum Gasteiger partial charge on any atom is -0.365 e. The third kappa shape index (κ3) is 4.36. The average molecular weight is 378 g/mol. The number of nitriles is 3. The molecule has 2 fully saturated rings. The highest BCUT2D eigenvalue weighted by atomic mass is 16.2. The summed E-state index contributed by atoms with van der Waals surface area (Å²) in [6.45, 7) is 0.141. The molecule has 3 rings (SSSR count). The minimum atomic E-state index is -0.500. The van der Waals surface area contributed by atoms with Gasteiger partial charge in [-0.1, -0.05) is 0 Å². The van der Waals surface area contributed by atoms with Crippen LogP contribution in [-0.2, 0) is 4.79 Å². The van der Waals surface area contributed by atoms with E-state index in [2.05, 4.69) is 32.7 Å². The second-order valence-electron chi connectivity index (χ2n) is 7.11. The zero-order chi connectivity index (χ0) is 19.9. The molecule has 2 N–H and O–H groups in total. The smallest absolute Gasteiger partial charge is 0.238 e. The highest BCUT2D eigenvalue weighted by molar-refractivity contribution is 5.80. The van der Waals surface area contributed by atoms with Crippen molar-refractivity contribution in [3.63, 3.8) is 0 Å². The fourth-order valence-electron chi connectivity index (χ4n) is 3.90. The molecular formula is C19H22N8O. The summed E-state index contributed by atoms with van der Waals surface area (Å²) < 4.78 is 0. The van der Waals surface area contributed by atoms with Crippen LogP contribution in [0.5, 0.6) is 0 Å². The van der Waals surface area contributed by atoms with Gasteiger partial charge in [0, 0.05) is 24.5 Å². The van der Waals surface area contributed by atoms with Gasteiger partial charge in [0.1, 0.15) is 18.2 Å². The predicted octanol–water partition coefficient (Wildman–Crippen LogP) is 1.07. The normalized spacial score (nSPS) is 26.7. The molecular weight excluding hydrogens is 356 g/mol. The largest absolute Gasteiger partial charge is 0.365 e. The molecule has 0 spiro atoms. The first-order valence-electron chi connectivity index (χ1n) is 9.47. The van der Waals surface area contributed by atoms with Crippen molar-refractivity contribution in [2.45, 2.75) is 62.7 Å². The second kappa shape index (κ2) is 9.12. The van der Waals surface area contributed by atoms with Crippen molar-refractivity contribution in [2.24, 2.45) is 0 Å². The Morgan fingerprint density at radius 1 is 1.00 bits per heavy atom. The van der Waals surface area contributed by atoms with Gasteiger partial charge >= 0.3 is 0 Å². The van der Waals surface area contributed by atoms with Crippen LogP contribution in [0, 0.1) is 34.0 Å².